The van der Waals surface area contributed by atoms with Crippen LogP contribution in [0.2, 0.25) is 0 Å². The Morgan fingerprint density at radius 1 is 1.48 bits per heavy atom. The van der Waals surface area contributed by atoms with Gasteiger partial charge in [0.15, 0.2) is 0 Å². The van der Waals surface area contributed by atoms with Crippen LogP contribution >= 0.6 is 0 Å². The first kappa shape index (κ1) is 15.3. The maximum Gasteiger partial charge on any atom is 0.246 e. The van der Waals surface area contributed by atoms with Crippen molar-refractivity contribution in [3.63, 3.8) is 0 Å². The lowest BCUT2D eigenvalue weighted by Gasteiger charge is -2.27. The predicted molar refractivity (Wildman–Crippen MR) is 81.2 cm³/mol. The van der Waals surface area contributed by atoms with Crippen molar-refractivity contribution in [1.29, 1.82) is 5.26 Å². The quantitative estimate of drug-likeness (QED) is 0.863. The molecule has 0 unspecified atom stereocenters. The average molecular weight is 284 g/mol. The van der Waals surface area contributed by atoms with Crippen LogP contribution in [0.4, 0.5) is 0 Å². The van der Waals surface area contributed by atoms with Gasteiger partial charge in [0.05, 0.1) is 17.2 Å². The molecule has 21 heavy (non-hydrogen) atoms. The Morgan fingerprint density at radius 3 is 2.86 bits per heavy atom. The number of benzene rings is 1. The van der Waals surface area contributed by atoms with Gasteiger partial charge in [-0.05, 0) is 36.6 Å². The summed E-state index contributed by atoms with van der Waals surface area (Å²) in [5, 5.41) is 19.1. The standard InChI is InChI=1S/C17H20N2O2/c1-19(13-17(21)9-2-3-10-17)16(20)8-7-14-5-4-6-15(11-14)12-18/h4-8,11,21H,2-3,9-10,13H2,1H3/b8-7+. The Morgan fingerprint density at radius 2 is 2.19 bits per heavy atom. The Hall–Kier alpha value is -2.12. The summed E-state index contributed by atoms with van der Waals surface area (Å²) in [4.78, 5) is 13.6. The molecule has 0 radical (unpaired) electrons. The van der Waals surface area contributed by atoms with Crippen molar-refractivity contribution in [3.05, 3.63) is 41.5 Å². The van der Waals surface area contributed by atoms with E-state index in [0.717, 1.165) is 31.2 Å². The highest BCUT2D eigenvalue weighted by Gasteiger charge is 2.32. The largest absolute Gasteiger partial charge is 0.388 e. The van der Waals surface area contributed by atoms with Gasteiger partial charge in [-0.2, -0.15) is 5.26 Å². The normalized spacial score (nSPS) is 16.8. The summed E-state index contributed by atoms with van der Waals surface area (Å²) in [6, 6.07) is 9.15. The number of amides is 1. The van der Waals surface area contributed by atoms with Gasteiger partial charge in [-0.15, -0.1) is 0 Å². The van der Waals surface area contributed by atoms with Crippen LogP contribution in [-0.2, 0) is 4.79 Å². The SMILES string of the molecule is CN(CC1(O)CCCC1)C(=O)/C=C/c1cccc(C#N)c1. The third-order valence-corrected chi connectivity index (χ3v) is 3.88. The summed E-state index contributed by atoms with van der Waals surface area (Å²) in [6.45, 7) is 0.369. The van der Waals surface area contributed by atoms with E-state index in [1.165, 1.54) is 6.08 Å². The molecule has 0 aromatic heterocycles. The third-order valence-electron chi connectivity index (χ3n) is 3.88. The topological polar surface area (TPSA) is 64.3 Å². The summed E-state index contributed by atoms with van der Waals surface area (Å²) in [5.74, 6) is -0.141. The second-order valence-electron chi connectivity index (χ2n) is 5.70. The van der Waals surface area contributed by atoms with Crippen molar-refractivity contribution in [2.75, 3.05) is 13.6 Å². The van der Waals surface area contributed by atoms with Crippen LogP contribution in [0.5, 0.6) is 0 Å². The minimum atomic E-state index is -0.723. The Bertz CT molecular complexity index is 581. The molecular weight excluding hydrogens is 264 g/mol. The zero-order valence-electron chi connectivity index (χ0n) is 12.2. The Balaban J connectivity index is 1.96. The highest BCUT2D eigenvalue weighted by Crippen LogP contribution is 2.29. The minimum absolute atomic E-state index is 0.141. The van der Waals surface area contributed by atoms with Crippen LogP contribution in [0.15, 0.2) is 30.3 Å². The van der Waals surface area contributed by atoms with Crippen molar-refractivity contribution >= 4 is 12.0 Å². The van der Waals surface area contributed by atoms with Gasteiger partial charge in [0.25, 0.3) is 0 Å². The van der Waals surface area contributed by atoms with E-state index in [2.05, 4.69) is 6.07 Å². The zero-order valence-corrected chi connectivity index (χ0v) is 12.2. The van der Waals surface area contributed by atoms with Crippen molar-refractivity contribution in [1.82, 2.24) is 4.90 Å². The molecule has 1 aromatic carbocycles. The van der Waals surface area contributed by atoms with E-state index >= 15 is 0 Å². The third kappa shape index (κ3) is 4.17. The van der Waals surface area contributed by atoms with Gasteiger partial charge in [0, 0.05) is 19.7 Å². The van der Waals surface area contributed by atoms with Crippen LogP contribution in [0, 0.1) is 11.3 Å². The lowest BCUT2D eigenvalue weighted by atomic mass is 10.0. The van der Waals surface area contributed by atoms with E-state index in [0.29, 0.717) is 12.1 Å². The highest BCUT2D eigenvalue weighted by atomic mass is 16.3. The molecule has 1 aromatic rings. The van der Waals surface area contributed by atoms with Crippen LogP contribution < -0.4 is 0 Å². The molecule has 110 valence electrons. The Labute approximate surface area is 125 Å². The maximum absolute atomic E-state index is 12.1. The van der Waals surface area contributed by atoms with E-state index in [9.17, 15) is 9.90 Å². The fraction of sp³-hybridized carbons (Fsp3) is 0.412. The molecule has 0 spiro atoms. The smallest absolute Gasteiger partial charge is 0.246 e. The molecule has 1 aliphatic rings. The molecule has 1 saturated carbocycles. The number of rotatable bonds is 4. The van der Waals surface area contributed by atoms with Gasteiger partial charge >= 0.3 is 0 Å². The summed E-state index contributed by atoms with van der Waals surface area (Å²) < 4.78 is 0. The summed E-state index contributed by atoms with van der Waals surface area (Å²) >= 11 is 0. The maximum atomic E-state index is 12.1. The molecular formula is C17H20N2O2. The van der Waals surface area contributed by atoms with Gasteiger partial charge in [-0.3, -0.25) is 4.79 Å². The summed E-state index contributed by atoms with van der Waals surface area (Å²) in [5.41, 5.74) is 0.660. The first-order chi connectivity index (χ1) is 10.0. The van der Waals surface area contributed by atoms with Gasteiger partial charge in [-0.1, -0.05) is 25.0 Å². The van der Waals surface area contributed by atoms with Gasteiger partial charge < -0.3 is 10.0 Å². The lowest BCUT2D eigenvalue weighted by molar-refractivity contribution is -0.127. The molecule has 0 aliphatic heterocycles. The number of hydrogen-bond donors (Lipinski definition) is 1. The molecule has 1 N–H and O–H groups in total. The van der Waals surface area contributed by atoms with Crippen LogP contribution in [0.3, 0.4) is 0 Å². The molecule has 1 amide bonds. The minimum Gasteiger partial charge on any atom is -0.388 e. The molecule has 1 aliphatic carbocycles. The number of carbonyl (C=O) groups is 1. The van der Waals surface area contributed by atoms with Crippen molar-refractivity contribution < 1.29 is 9.90 Å². The molecule has 0 saturated heterocycles. The van der Waals surface area contributed by atoms with E-state index in [1.54, 1.807) is 36.2 Å². The molecule has 4 nitrogen and oxygen atoms in total. The first-order valence-corrected chi connectivity index (χ1v) is 7.18. The molecule has 0 atom stereocenters. The van der Waals surface area contributed by atoms with Crippen LogP contribution in [0.25, 0.3) is 6.08 Å². The van der Waals surface area contributed by atoms with Crippen molar-refractivity contribution in [2.24, 2.45) is 0 Å². The lowest BCUT2D eigenvalue weighted by Crippen LogP contribution is -2.41. The zero-order chi connectivity index (χ0) is 15.3. The van der Waals surface area contributed by atoms with Gasteiger partial charge in [-0.25, -0.2) is 0 Å². The summed E-state index contributed by atoms with van der Waals surface area (Å²) in [6.07, 6.45) is 6.74. The number of nitrogens with zero attached hydrogens (tertiary/aromatic N) is 2. The average Bonchev–Trinajstić information content (AvgIpc) is 2.91. The van der Waals surface area contributed by atoms with Crippen molar-refractivity contribution in [2.45, 2.75) is 31.3 Å². The molecule has 4 heteroatoms. The van der Waals surface area contributed by atoms with Gasteiger partial charge in [0.1, 0.15) is 0 Å². The van der Waals surface area contributed by atoms with Gasteiger partial charge in [0.2, 0.25) is 5.91 Å². The number of likely N-dealkylation sites (N-methyl/N-ethyl adjacent to an activating group) is 1. The molecule has 0 heterocycles. The van der Waals surface area contributed by atoms with E-state index in [4.69, 9.17) is 5.26 Å². The predicted octanol–water partition coefficient (Wildman–Crippen LogP) is 2.33. The number of nitriles is 1. The molecule has 1 fully saturated rings. The van der Waals surface area contributed by atoms with Crippen LogP contribution in [-0.4, -0.2) is 35.1 Å². The van der Waals surface area contributed by atoms with E-state index in [-0.39, 0.29) is 5.91 Å². The molecule has 0 bridgehead atoms. The first-order valence-electron chi connectivity index (χ1n) is 7.18. The van der Waals surface area contributed by atoms with E-state index in [1.807, 2.05) is 6.07 Å². The summed E-state index contributed by atoms with van der Waals surface area (Å²) in [7, 11) is 1.70. The van der Waals surface area contributed by atoms with Crippen molar-refractivity contribution in [3.8, 4) is 6.07 Å². The number of carbonyl (C=O) groups excluding carboxylic acids is 1. The highest BCUT2D eigenvalue weighted by molar-refractivity contribution is 5.91. The fourth-order valence-electron chi connectivity index (χ4n) is 2.72. The second kappa shape index (κ2) is 6.55. The number of hydrogen-bond acceptors (Lipinski definition) is 3. The second-order valence-corrected chi connectivity index (χ2v) is 5.70. The monoisotopic (exact) mass is 284 g/mol. The molecule has 2 rings (SSSR count). The number of aliphatic hydroxyl groups is 1. The van der Waals surface area contributed by atoms with Crippen LogP contribution in [0.1, 0.15) is 36.8 Å². The Kier molecular flexibility index (Phi) is 4.77. The fourth-order valence-corrected chi connectivity index (χ4v) is 2.72. The van der Waals surface area contributed by atoms with E-state index < -0.39 is 5.60 Å².